The van der Waals surface area contributed by atoms with E-state index in [4.69, 9.17) is 32.7 Å². The monoisotopic (exact) mass is 643 g/mol. The van der Waals surface area contributed by atoms with Gasteiger partial charge in [-0.1, -0.05) is 63.9 Å². The number of pyridine rings is 1. The van der Waals surface area contributed by atoms with Crippen LogP contribution in [0, 0.1) is 16.7 Å². The number of esters is 1. The first-order valence-corrected chi connectivity index (χ1v) is 16.4. The van der Waals surface area contributed by atoms with Crippen LogP contribution < -0.4 is 15.2 Å². The molecular weight excluding hydrogens is 597 g/mol. The first-order valence-electron chi connectivity index (χ1n) is 15.6. The van der Waals surface area contributed by atoms with E-state index in [9.17, 15) is 9.59 Å². The highest BCUT2D eigenvalue weighted by Crippen LogP contribution is 2.40. The molecule has 0 radical (unpaired) electrons. The van der Waals surface area contributed by atoms with Crippen LogP contribution in [0.2, 0.25) is 10.0 Å². The minimum absolute atomic E-state index is 0.119. The molecule has 9 heteroatoms. The molecule has 4 rings (SSSR count). The highest BCUT2D eigenvalue weighted by Gasteiger charge is 2.42. The maximum atomic E-state index is 13.4. The van der Waals surface area contributed by atoms with E-state index < -0.39 is 11.6 Å². The number of aromatic nitrogens is 1. The third-order valence-electron chi connectivity index (χ3n) is 9.12. The van der Waals surface area contributed by atoms with Crippen LogP contribution in [-0.4, -0.2) is 54.8 Å². The van der Waals surface area contributed by atoms with Gasteiger partial charge >= 0.3 is 5.97 Å². The smallest absolute Gasteiger partial charge is 0.313 e. The Morgan fingerprint density at radius 3 is 2.27 bits per heavy atom. The summed E-state index contributed by atoms with van der Waals surface area (Å²) in [6.07, 6.45) is 1.19. The number of carbonyl (C=O) groups excluding carboxylic acids is 1. The molecule has 240 valence electrons. The van der Waals surface area contributed by atoms with Gasteiger partial charge in [0.05, 0.1) is 33.3 Å². The number of rotatable bonds is 11. The summed E-state index contributed by atoms with van der Waals surface area (Å²) in [7, 11) is 0. The van der Waals surface area contributed by atoms with E-state index in [1.807, 2.05) is 84.9 Å². The summed E-state index contributed by atoms with van der Waals surface area (Å²) >= 11 is 12.6. The van der Waals surface area contributed by atoms with E-state index in [1.165, 1.54) is 6.07 Å². The van der Waals surface area contributed by atoms with E-state index in [-0.39, 0.29) is 22.9 Å². The number of unbranched alkanes of at least 4 members (excludes halogenated alkanes) is 1. The molecule has 0 saturated carbocycles. The van der Waals surface area contributed by atoms with Gasteiger partial charge in [0, 0.05) is 44.2 Å². The first-order chi connectivity index (χ1) is 20.7. The lowest BCUT2D eigenvalue weighted by atomic mass is 9.69. The average Bonchev–Trinajstić information content (AvgIpc) is 2.97. The summed E-state index contributed by atoms with van der Waals surface area (Å²) in [4.78, 5) is 31.3. The van der Waals surface area contributed by atoms with Gasteiger partial charge in [0.2, 0.25) is 0 Å². The van der Waals surface area contributed by atoms with Crippen LogP contribution in [0.3, 0.4) is 0 Å². The molecule has 2 heterocycles. The zero-order valence-electron chi connectivity index (χ0n) is 27.2. The molecule has 0 aliphatic carbocycles. The van der Waals surface area contributed by atoms with Crippen molar-refractivity contribution in [3.8, 4) is 5.75 Å². The standard InChI is InChI=1S/C35H47Cl2N3O4/c1-24(2)32(44-33(42)35(6,7)34(3,4)5)40-29-23-26(15-13-25(29)14-16-30(40)41)43-22-9-8-17-38-18-20-39(21-19-38)28-12-10-11-27(36)31(28)37/h10-16,23-24,32H,8-9,17-22H2,1-7H3. The van der Waals surface area contributed by atoms with Gasteiger partial charge < -0.3 is 14.4 Å². The molecule has 1 fully saturated rings. The minimum Gasteiger partial charge on any atom is -0.494 e. The normalized spacial score (nSPS) is 15.5. The van der Waals surface area contributed by atoms with Crippen molar-refractivity contribution in [2.45, 2.75) is 67.5 Å². The predicted octanol–water partition coefficient (Wildman–Crippen LogP) is 8.06. The molecule has 0 amide bonds. The van der Waals surface area contributed by atoms with Gasteiger partial charge in [-0.3, -0.25) is 19.1 Å². The van der Waals surface area contributed by atoms with Crippen LogP contribution in [-0.2, 0) is 9.53 Å². The van der Waals surface area contributed by atoms with Gasteiger partial charge in [-0.15, -0.1) is 0 Å². The van der Waals surface area contributed by atoms with Crippen LogP contribution in [0.25, 0.3) is 10.9 Å². The summed E-state index contributed by atoms with van der Waals surface area (Å²) < 4.78 is 13.8. The quantitative estimate of drug-likeness (QED) is 0.156. The number of anilines is 1. The number of fused-ring (bicyclic) bond motifs is 1. The van der Waals surface area contributed by atoms with Crippen LogP contribution in [0.5, 0.6) is 5.75 Å². The maximum absolute atomic E-state index is 13.4. The molecule has 1 aliphatic rings. The fourth-order valence-electron chi connectivity index (χ4n) is 5.21. The van der Waals surface area contributed by atoms with Crippen molar-refractivity contribution in [2.75, 3.05) is 44.2 Å². The molecule has 0 N–H and O–H groups in total. The average molecular weight is 645 g/mol. The second kappa shape index (κ2) is 14.1. The van der Waals surface area contributed by atoms with E-state index in [0.717, 1.165) is 56.6 Å². The van der Waals surface area contributed by atoms with Crippen molar-refractivity contribution in [2.24, 2.45) is 16.7 Å². The number of hydrogen-bond acceptors (Lipinski definition) is 6. The fourth-order valence-corrected chi connectivity index (χ4v) is 5.63. The molecule has 2 aromatic carbocycles. The Morgan fingerprint density at radius 2 is 1.61 bits per heavy atom. The van der Waals surface area contributed by atoms with Gasteiger partial charge in [0.1, 0.15) is 5.75 Å². The number of nitrogens with zero attached hydrogens (tertiary/aromatic N) is 3. The zero-order chi connectivity index (χ0) is 32.2. The maximum Gasteiger partial charge on any atom is 0.313 e. The fraction of sp³-hybridized carbons (Fsp3) is 0.543. The number of benzene rings is 2. The van der Waals surface area contributed by atoms with Gasteiger partial charge in [-0.05, 0) is 74.4 Å². The Morgan fingerprint density at radius 1 is 0.932 bits per heavy atom. The Bertz CT molecular complexity index is 1500. The van der Waals surface area contributed by atoms with Crippen LogP contribution in [0.4, 0.5) is 5.69 Å². The number of hydrogen-bond donors (Lipinski definition) is 0. The largest absolute Gasteiger partial charge is 0.494 e. The third-order valence-corrected chi connectivity index (χ3v) is 9.93. The summed E-state index contributed by atoms with van der Waals surface area (Å²) in [6.45, 7) is 19.1. The lowest BCUT2D eigenvalue weighted by Gasteiger charge is -2.38. The lowest BCUT2D eigenvalue weighted by Crippen LogP contribution is -2.46. The molecular formula is C35H47Cl2N3O4. The molecule has 1 aromatic heterocycles. The second-order valence-electron chi connectivity index (χ2n) is 13.6. The summed E-state index contributed by atoms with van der Waals surface area (Å²) in [5, 5.41) is 2.09. The molecule has 3 aromatic rings. The van der Waals surface area contributed by atoms with Crippen molar-refractivity contribution in [3.05, 3.63) is 68.9 Å². The molecule has 44 heavy (non-hydrogen) atoms. The SMILES string of the molecule is CC(C)C(OC(=O)C(C)(C)C(C)(C)C)n1c(=O)ccc2ccc(OCCCCN3CCN(c4cccc(Cl)c4Cl)CC3)cc21. The molecule has 1 atom stereocenters. The van der Waals surface area contributed by atoms with E-state index in [0.29, 0.717) is 27.9 Å². The summed E-state index contributed by atoms with van der Waals surface area (Å²) in [5.41, 5.74) is 0.426. The molecule has 0 bridgehead atoms. The molecule has 0 spiro atoms. The number of ether oxygens (including phenoxy) is 2. The van der Waals surface area contributed by atoms with Crippen molar-refractivity contribution >= 4 is 45.8 Å². The Kier molecular flexibility index (Phi) is 11.0. The summed E-state index contributed by atoms with van der Waals surface area (Å²) in [6, 6.07) is 14.9. The van der Waals surface area contributed by atoms with E-state index >= 15 is 0 Å². The predicted molar refractivity (Wildman–Crippen MR) is 181 cm³/mol. The van der Waals surface area contributed by atoms with Crippen LogP contribution in [0.15, 0.2) is 53.3 Å². The Labute approximate surface area is 272 Å². The topological polar surface area (TPSA) is 64.0 Å². The lowest BCUT2D eigenvalue weighted by molar-refractivity contribution is -0.174. The number of piperazine rings is 1. The molecule has 7 nitrogen and oxygen atoms in total. The van der Waals surface area contributed by atoms with Crippen molar-refractivity contribution in [3.63, 3.8) is 0 Å². The highest BCUT2D eigenvalue weighted by atomic mass is 35.5. The molecule has 1 saturated heterocycles. The zero-order valence-corrected chi connectivity index (χ0v) is 28.7. The summed E-state index contributed by atoms with van der Waals surface area (Å²) in [5.74, 6) is 0.245. The highest BCUT2D eigenvalue weighted by molar-refractivity contribution is 6.43. The molecule has 1 unspecified atom stereocenters. The number of carbonyl (C=O) groups is 1. The van der Waals surface area contributed by atoms with Gasteiger partial charge in [-0.2, -0.15) is 0 Å². The minimum atomic E-state index is -0.744. The Hall–Kier alpha value is -2.74. The number of halogens is 2. The molecule has 1 aliphatic heterocycles. The van der Waals surface area contributed by atoms with Gasteiger partial charge in [0.15, 0.2) is 6.23 Å². The van der Waals surface area contributed by atoms with E-state index in [1.54, 1.807) is 10.6 Å². The van der Waals surface area contributed by atoms with Crippen LogP contribution in [0.1, 0.15) is 67.5 Å². The van der Waals surface area contributed by atoms with Crippen LogP contribution >= 0.6 is 23.2 Å². The van der Waals surface area contributed by atoms with Gasteiger partial charge in [-0.25, -0.2) is 0 Å². The third kappa shape index (κ3) is 7.72. The first kappa shape index (κ1) is 34.1. The van der Waals surface area contributed by atoms with Crippen molar-refractivity contribution in [1.29, 1.82) is 0 Å². The van der Waals surface area contributed by atoms with Crippen molar-refractivity contribution in [1.82, 2.24) is 9.47 Å². The second-order valence-corrected chi connectivity index (χ2v) is 14.4. The van der Waals surface area contributed by atoms with Crippen molar-refractivity contribution < 1.29 is 14.3 Å². The Balaban J connectivity index is 1.36. The van der Waals surface area contributed by atoms with E-state index in [2.05, 4.69) is 9.80 Å². The van der Waals surface area contributed by atoms with Gasteiger partial charge in [0.25, 0.3) is 5.56 Å².